The quantitative estimate of drug-likeness (QED) is 0.726. The number of aliphatic hydroxyl groups is 1. The molecule has 29 heavy (non-hydrogen) atoms. The Bertz CT molecular complexity index is 1020. The zero-order valence-electron chi connectivity index (χ0n) is 15.6. The lowest BCUT2D eigenvalue weighted by Crippen LogP contribution is -2.52. The summed E-state index contributed by atoms with van der Waals surface area (Å²) >= 11 is 6.00. The van der Waals surface area contributed by atoms with E-state index in [1.807, 2.05) is 12.2 Å². The van der Waals surface area contributed by atoms with Crippen molar-refractivity contribution in [3.8, 4) is 0 Å². The van der Waals surface area contributed by atoms with E-state index in [9.17, 15) is 31.5 Å². The fraction of sp³-hybridized carbons (Fsp3) is 0.278. The van der Waals surface area contributed by atoms with E-state index in [1.54, 1.807) is 12.1 Å². The van der Waals surface area contributed by atoms with Crippen LogP contribution in [0.2, 0.25) is 5.02 Å². The third-order valence-corrected chi connectivity index (χ3v) is 6.35. The van der Waals surface area contributed by atoms with Crippen molar-refractivity contribution in [3.05, 3.63) is 53.1 Å². The number of nitrogens with zero attached hydrogens (tertiary/aromatic N) is 1. The lowest BCUT2D eigenvalue weighted by atomic mass is 10.1. The normalized spacial score (nSPS) is 14.2. The molecule has 0 fully saturated rings. The number of alkyl halides is 3. The molecule has 2 rings (SSSR count). The highest BCUT2D eigenvalue weighted by Gasteiger charge is 2.55. The molecule has 0 radical (unpaired) electrons. The number of anilines is 2. The van der Waals surface area contributed by atoms with Gasteiger partial charge in [0.05, 0.1) is 21.3 Å². The van der Waals surface area contributed by atoms with E-state index in [0.717, 1.165) is 15.9 Å². The highest BCUT2D eigenvalue weighted by molar-refractivity contribution is 7.92. The predicted molar refractivity (Wildman–Crippen MR) is 104 cm³/mol. The van der Waals surface area contributed by atoms with Gasteiger partial charge >= 0.3 is 6.18 Å². The highest BCUT2D eigenvalue weighted by atomic mass is 35.5. The molecular weight excluding hydrogens is 433 g/mol. The number of rotatable bonds is 5. The summed E-state index contributed by atoms with van der Waals surface area (Å²) in [7, 11) is -2.62. The van der Waals surface area contributed by atoms with Gasteiger partial charge in [-0.05, 0) is 44.2 Å². The van der Waals surface area contributed by atoms with Crippen LogP contribution in [-0.4, -0.2) is 38.3 Å². The largest absolute Gasteiger partial charge is 0.426 e. The van der Waals surface area contributed by atoms with Gasteiger partial charge in [-0.1, -0.05) is 29.3 Å². The summed E-state index contributed by atoms with van der Waals surface area (Å²) in [5, 5.41) is 11.1. The number of halogens is 4. The van der Waals surface area contributed by atoms with Gasteiger partial charge in [0.1, 0.15) is 0 Å². The van der Waals surface area contributed by atoms with E-state index in [0.29, 0.717) is 6.92 Å². The molecule has 0 saturated heterocycles. The molecule has 1 amide bonds. The maximum absolute atomic E-state index is 12.8. The van der Waals surface area contributed by atoms with E-state index in [-0.39, 0.29) is 21.3 Å². The highest BCUT2D eigenvalue weighted by Crippen LogP contribution is 2.34. The molecule has 0 heterocycles. The van der Waals surface area contributed by atoms with Crippen LogP contribution in [-0.2, 0) is 14.8 Å². The van der Waals surface area contributed by atoms with Crippen molar-refractivity contribution >= 4 is 38.9 Å². The zero-order valence-corrected chi connectivity index (χ0v) is 17.2. The number of amides is 1. The average Bonchev–Trinajstić information content (AvgIpc) is 2.62. The number of aryl methyl sites for hydroxylation is 1. The van der Waals surface area contributed by atoms with Crippen molar-refractivity contribution in [2.24, 2.45) is 0 Å². The molecule has 2 N–H and O–H groups in total. The third-order valence-electron chi connectivity index (χ3n) is 4.24. The van der Waals surface area contributed by atoms with Gasteiger partial charge in [-0.15, -0.1) is 0 Å². The first-order valence-corrected chi connectivity index (χ1v) is 9.95. The van der Waals surface area contributed by atoms with E-state index in [1.165, 1.54) is 31.3 Å². The Morgan fingerprint density at radius 1 is 1.14 bits per heavy atom. The number of sulfonamides is 1. The Morgan fingerprint density at radius 3 is 2.17 bits per heavy atom. The maximum Gasteiger partial charge on any atom is 0.426 e. The molecule has 11 heteroatoms. The van der Waals surface area contributed by atoms with Crippen LogP contribution in [0.3, 0.4) is 0 Å². The third kappa shape index (κ3) is 4.65. The SMILES string of the molecule is Cc1ccc(S(=O)(=O)N(C)c2ccc(NC(=O)[C@](C)(O)C(F)(F)F)c(Cl)c2)cc1. The van der Waals surface area contributed by atoms with Crippen molar-refractivity contribution in [1.29, 1.82) is 0 Å². The average molecular weight is 451 g/mol. The lowest BCUT2D eigenvalue weighted by molar-refractivity contribution is -0.242. The molecule has 0 aliphatic rings. The molecule has 0 aromatic heterocycles. The minimum atomic E-state index is -5.19. The summed E-state index contributed by atoms with van der Waals surface area (Å²) in [5.41, 5.74) is -2.84. The fourth-order valence-corrected chi connectivity index (χ4v) is 3.59. The van der Waals surface area contributed by atoms with Crippen LogP contribution in [0.5, 0.6) is 0 Å². The van der Waals surface area contributed by atoms with Gasteiger partial charge in [0.15, 0.2) is 0 Å². The molecule has 1 atom stereocenters. The van der Waals surface area contributed by atoms with E-state index < -0.39 is 27.7 Å². The topological polar surface area (TPSA) is 86.7 Å². The number of nitrogens with one attached hydrogen (secondary N) is 1. The smallest absolute Gasteiger partial charge is 0.373 e. The lowest BCUT2D eigenvalue weighted by Gasteiger charge is -2.25. The molecule has 0 aliphatic carbocycles. The van der Waals surface area contributed by atoms with Gasteiger partial charge in [0, 0.05) is 7.05 Å². The first-order chi connectivity index (χ1) is 13.2. The number of carbonyl (C=O) groups is 1. The van der Waals surface area contributed by atoms with Crippen molar-refractivity contribution < 1.29 is 31.5 Å². The van der Waals surface area contributed by atoms with Gasteiger partial charge in [0.2, 0.25) is 5.60 Å². The first kappa shape index (κ1) is 23.0. The summed E-state index contributed by atoms with van der Waals surface area (Å²) < 4.78 is 64.6. The number of hydrogen-bond donors (Lipinski definition) is 2. The number of hydrogen-bond acceptors (Lipinski definition) is 4. The predicted octanol–water partition coefficient (Wildman–Crippen LogP) is 3.73. The summed E-state index contributed by atoms with van der Waals surface area (Å²) in [5.74, 6) is -1.72. The fourth-order valence-electron chi connectivity index (χ4n) is 2.18. The molecule has 2 aromatic carbocycles. The Morgan fingerprint density at radius 2 is 1.69 bits per heavy atom. The standard InChI is InChI=1S/C18H18ClF3N2O4S/c1-11-4-7-13(8-5-11)29(27,28)24(3)12-6-9-15(14(19)10-12)23-16(25)17(2,26)18(20,21)22/h4-10,26H,1-3H3,(H,23,25)/t17-/m0/s1. The maximum atomic E-state index is 12.8. The Kier molecular flexibility index (Phi) is 6.22. The van der Waals surface area contributed by atoms with Crippen LogP contribution in [0.1, 0.15) is 12.5 Å². The molecule has 0 spiro atoms. The Labute approximate surface area is 171 Å². The van der Waals surface area contributed by atoms with Crippen LogP contribution in [0.15, 0.2) is 47.4 Å². The van der Waals surface area contributed by atoms with Crippen LogP contribution in [0.4, 0.5) is 24.5 Å². The van der Waals surface area contributed by atoms with E-state index >= 15 is 0 Å². The van der Waals surface area contributed by atoms with E-state index in [2.05, 4.69) is 0 Å². The Hall–Kier alpha value is -2.30. The summed E-state index contributed by atoms with van der Waals surface area (Å²) in [6.45, 7) is 2.12. The van der Waals surface area contributed by atoms with Gasteiger partial charge in [-0.3, -0.25) is 9.10 Å². The Balaban J connectivity index is 2.29. The van der Waals surface area contributed by atoms with Crippen molar-refractivity contribution in [2.45, 2.75) is 30.5 Å². The summed E-state index contributed by atoms with van der Waals surface area (Å²) in [6, 6.07) is 9.73. The van der Waals surface area contributed by atoms with Crippen LogP contribution in [0, 0.1) is 6.92 Å². The monoisotopic (exact) mass is 450 g/mol. The second kappa shape index (κ2) is 7.85. The molecule has 0 aliphatic heterocycles. The molecule has 0 bridgehead atoms. The van der Waals surface area contributed by atoms with Crippen LogP contribution < -0.4 is 9.62 Å². The minimum Gasteiger partial charge on any atom is -0.373 e. The van der Waals surface area contributed by atoms with Crippen LogP contribution >= 0.6 is 11.6 Å². The molecular formula is C18H18ClF3N2O4S. The summed E-state index contributed by atoms with van der Waals surface area (Å²) in [6.07, 6.45) is -5.19. The van der Waals surface area contributed by atoms with Crippen LogP contribution in [0.25, 0.3) is 0 Å². The van der Waals surface area contributed by atoms with Crippen molar-refractivity contribution in [3.63, 3.8) is 0 Å². The van der Waals surface area contributed by atoms with E-state index in [4.69, 9.17) is 11.6 Å². The van der Waals surface area contributed by atoms with Gasteiger partial charge in [-0.25, -0.2) is 8.42 Å². The zero-order chi connectivity index (χ0) is 22.2. The van der Waals surface area contributed by atoms with Crippen molar-refractivity contribution in [2.75, 3.05) is 16.7 Å². The molecule has 0 saturated carbocycles. The van der Waals surface area contributed by atoms with Gasteiger partial charge in [0.25, 0.3) is 15.9 Å². The number of carbonyl (C=O) groups excluding carboxylic acids is 1. The summed E-state index contributed by atoms with van der Waals surface area (Å²) in [4.78, 5) is 11.8. The molecule has 6 nitrogen and oxygen atoms in total. The molecule has 0 unspecified atom stereocenters. The minimum absolute atomic E-state index is 0.0420. The molecule has 2 aromatic rings. The molecule has 158 valence electrons. The second-order valence-corrected chi connectivity index (χ2v) is 8.85. The first-order valence-electron chi connectivity index (χ1n) is 8.13. The second-order valence-electron chi connectivity index (χ2n) is 6.47. The van der Waals surface area contributed by atoms with Gasteiger partial charge in [-0.2, -0.15) is 13.2 Å². The number of benzene rings is 2. The van der Waals surface area contributed by atoms with Crippen molar-refractivity contribution in [1.82, 2.24) is 0 Å². The van der Waals surface area contributed by atoms with Gasteiger partial charge < -0.3 is 10.4 Å².